The first-order chi connectivity index (χ1) is 48.8. The molecule has 3 heterocycles. The highest BCUT2D eigenvalue weighted by molar-refractivity contribution is 5.76. The second-order valence-electron chi connectivity index (χ2n) is 28.9. The van der Waals surface area contributed by atoms with Gasteiger partial charge >= 0.3 is 0 Å². The van der Waals surface area contributed by atoms with Crippen LogP contribution in [0.25, 0.3) is 0 Å². The summed E-state index contributed by atoms with van der Waals surface area (Å²) < 4.78 is 34.5. The van der Waals surface area contributed by atoms with Gasteiger partial charge in [0.05, 0.1) is 38.6 Å². The van der Waals surface area contributed by atoms with Crippen LogP contribution in [0.15, 0.2) is 60.8 Å². The van der Waals surface area contributed by atoms with Crippen molar-refractivity contribution in [3.05, 3.63) is 60.8 Å². The fourth-order valence-electron chi connectivity index (χ4n) is 13.6. The van der Waals surface area contributed by atoms with Gasteiger partial charge < -0.3 is 89.9 Å². The van der Waals surface area contributed by atoms with E-state index in [-0.39, 0.29) is 18.9 Å². The molecule has 100 heavy (non-hydrogen) atoms. The molecule has 12 N–H and O–H groups in total. The molecule has 3 rings (SSSR count). The molecule has 0 aromatic heterocycles. The second-order valence-corrected chi connectivity index (χ2v) is 28.9. The smallest absolute Gasteiger partial charge is 0.220 e. The van der Waals surface area contributed by atoms with Gasteiger partial charge in [0.1, 0.15) is 73.2 Å². The van der Waals surface area contributed by atoms with Crippen molar-refractivity contribution in [1.29, 1.82) is 0 Å². The molecule has 0 aliphatic carbocycles. The first-order valence-electron chi connectivity index (χ1n) is 40.5. The summed E-state index contributed by atoms with van der Waals surface area (Å²) >= 11 is 0. The van der Waals surface area contributed by atoms with Crippen LogP contribution in [-0.4, -0.2) is 193 Å². The number of nitrogens with one attached hydrogen (secondary N) is 1. The van der Waals surface area contributed by atoms with Crippen LogP contribution in [0.3, 0.4) is 0 Å². The Labute approximate surface area is 605 Å². The number of hydrogen-bond acceptors (Lipinski definition) is 18. The van der Waals surface area contributed by atoms with Crippen molar-refractivity contribution in [2.75, 3.05) is 26.4 Å². The summed E-state index contributed by atoms with van der Waals surface area (Å²) in [6, 6.07) is -0.890. The van der Waals surface area contributed by atoms with Crippen LogP contribution in [-0.2, 0) is 33.2 Å². The molecule has 0 saturated carbocycles. The first-order valence-corrected chi connectivity index (χ1v) is 40.5. The lowest BCUT2D eigenvalue weighted by Gasteiger charge is -2.48. The molecule has 3 fully saturated rings. The zero-order valence-electron chi connectivity index (χ0n) is 62.4. The standard InChI is InChI=1S/C81H147NO18/c1-3-5-7-9-11-13-15-17-19-21-23-25-27-28-29-30-31-32-33-34-35-36-37-39-41-43-45-47-49-51-53-55-57-59-69(87)82-64(65(86)58-56-54-52-50-48-46-44-42-40-38-26-24-22-20-18-16-14-12-10-8-6-4-2)63-95-79-75(93)72(90)77(67(61-84)97-79)100-81-76(94)73(91)78(68(62-85)98-81)99-80-74(92)71(89)70(88)66(60-83)96-80/h5,7,11,13,17,19,23,25,28-29,64-68,70-81,83-86,88-94H,3-4,6,8-10,12,14-16,18,20-22,24,26-27,30-63H2,1-2H3,(H,82,87)/b7-5-,13-11-,19-17-,25-23-,29-28-. The third-order valence-electron chi connectivity index (χ3n) is 20.1. The highest BCUT2D eigenvalue weighted by atomic mass is 16.8. The van der Waals surface area contributed by atoms with Gasteiger partial charge in [-0.3, -0.25) is 4.79 Å². The molecule has 1 amide bonds. The number of ether oxygens (including phenoxy) is 6. The van der Waals surface area contributed by atoms with Crippen molar-refractivity contribution in [3.8, 4) is 0 Å². The number of rotatable bonds is 64. The average molecular weight is 1420 g/mol. The molecular formula is C81H147NO18. The molecule has 17 atom stereocenters. The number of aliphatic hydroxyl groups is 11. The van der Waals surface area contributed by atoms with E-state index in [1.807, 2.05) is 0 Å². The topological polar surface area (TPSA) is 307 Å². The van der Waals surface area contributed by atoms with E-state index < -0.39 is 124 Å². The Bertz CT molecular complexity index is 2040. The lowest BCUT2D eigenvalue weighted by Crippen LogP contribution is -2.66. The number of aliphatic hydroxyl groups excluding tert-OH is 11. The van der Waals surface area contributed by atoms with Gasteiger partial charge in [-0.2, -0.15) is 0 Å². The monoisotopic (exact) mass is 1420 g/mol. The average Bonchev–Trinajstić information content (AvgIpc) is 0.783. The Morgan fingerprint density at radius 2 is 0.690 bits per heavy atom. The van der Waals surface area contributed by atoms with Crippen molar-refractivity contribution < 1.29 is 89.4 Å². The van der Waals surface area contributed by atoms with Gasteiger partial charge in [0, 0.05) is 6.42 Å². The highest BCUT2D eigenvalue weighted by Crippen LogP contribution is 2.33. The van der Waals surface area contributed by atoms with Crippen LogP contribution in [0.2, 0.25) is 0 Å². The minimum atomic E-state index is -1.97. The van der Waals surface area contributed by atoms with Crippen molar-refractivity contribution in [2.45, 2.75) is 420 Å². The fourth-order valence-corrected chi connectivity index (χ4v) is 13.6. The predicted octanol–water partition coefficient (Wildman–Crippen LogP) is 13.5. The number of hydrogen-bond donors (Lipinski definition) is 12. The third-order valence-corrected chi connectivity index (χ3v) is 20.1. The number of unbranched alkanes of at least 4 members (excludes halogenated alkanes) is 38. The van der Waals surface area contributed by atoms with Crippen LogP contribution in [0.4, 0.5) is 0 Å². The van der Waals surface area contributed by atoms with Crippen LogP contribution in [0.1, 0.15) is 316 Å². The molecule has 0 aromatic carbocycles. The Morgan fingerprint density at radius 3 is 1.08 bits per heavy atom. The molecule has 0 radical (unpaired) electrons. The molecule has 0 spiro atoms. The Morgan fingerprint density at radius 1 is 0.370 bits per heavy atom. The third kappa shape index (κ3) is 41.4. The molecule has 3 aliphatic rings. The number of carbonyl (C=O) groups excluding carboxylic acids is 1. The number of carbonyl (C=O) groups is 1. The highest BCUT2D eigenvalue weighted by Gasteiger charge is 2.54. The van der Waals surface area contributed by atoms with Gasteiger partial charge in [-0.1, -0.05) is 312 Å². The summed E-state index contributed by atoms with van der Waals surface area (Å²) in [5.41, 5.74) is 0. The van der Waals surface area contributed by atoms with Gasteiger partial charge in [-0.25, -0.2) is 0 Å². The molecule has 584 valence electrons. The summed E-state index contributed by atoms with van der Waals surface area (Å²) in [4.78, 5) is 13.5. The van der Waals surface area contributed by atoms with Gasteiger partial charge in [0.15, 0.2) is 18.9 Å². The quantitative estimate of drug-likeness (QED) is 0.0199. The zero-order valence-corrected chi connectivity index (χ0v) is 62.4. The molecule has 3 saturated heterocycles. The second kappa shape index (κ2) is 61.6. The maximum absolute atomic E-state index is 13.5. The number of allylic oxidation sites excluding steroid dienone is 10. The maximum atomic E-state index is 13.5. The van der Waals surface area contributed by atoms with Gasteiger partial charge in [-0.05, 0) is 57.8 Å². The van der Waals surface area contributed by atoms with Crippen LogP contribution in [0, 0.1) is 0 Å². The molecule has 0 bridgehead atoms. The van der Waals surface area contributed by atoms with E-state index in [9.17, 15) is 61.0 Å². The maximum Gasteiger partial charge on any atom is 0.220 e. The summed E-state index contributed by atoms with van der Waals surface area (Å²) in [7, 11) is 0. The van der Waals surface area contributed by atoms with Gasteiger partial charge in [0.2, 0.25) is 5.91 Å². The SMILES string of the molecule is CC/C=C\C/C=C\C/C=C\C/C=C\C/C=C\CCCCCCCCCCCCCCCCCCCC(=O)NC(COC1OC(CO)C(OC2OC(CO)C(OC3OC(CO)C(O)C(O)C3O)C(O)C2O)C(O)C1O)C(O)CCCCCCCCCCCCCCCCCCCCCCCC. The van der Waals surface area contributed by atoms with Gasteiger partial charge in [0.25, 0.3) is 0 Å². The lowest BCUT2D eigenvalue weighted by molar-refractivity contribution is -0.379. The molecular weight excluding hydrogens is 1270 g/mol. The molecule has 19 nitrogen and oxygen atoms in total. The Balaban J connectivity index is 1.35. The largest absolute Gasteiger partial charge is 0.394 e. The molecule has 0 aromatic rings. The van der Waals surface area contributed by atoms with Gasteiger partial charge in [-0.15, -0.1) is 0 Å². The van der Waals surface area contributed by atoms with Crippen molar-refractivity contribution in [2.24, 2.45) is 0 Å². The van der Waals surface area contributed by atoms with Crippen molar-refractivity contribution in [1.82, 2.24) is 5.32 Å². The number of amides is 1. The normalized spacial score (nSPS) is 26.8. The molecule has 17 unspecified atom stereocenters. The van der Waals surface area contributed by atoms with Crippen molar-refractivity contribution >= 4 is 5.91 Å². The Hall–Kier alpha value is -2.51. The zero-order chi connectivity index (χ0) is 72.5. The minimum absolute atomic E-state index is 0.239. The first kappa shape index (κ1) is 91.7. The summed E-state index contributed by atoms with van der Waals surface area (Å²) in [6.07, 6.45) is 51.6. The minimum Gasteiger partial charge on any atom is -0.394 e. The van der Waals surface area contributed by atoms with E-state index in [2.05, 4.69) is 79.9 Å². The predicted molar refractivity (Wildman–Crippen MR) is 397 cm³/mol. The summed E-state index contributed by atoms with van der Waals surface area (Å²) in [5.74, 6) is -0.239. The van der Waals surface area contributed by atoms with E-state index in [0.717, 1.165) is 77.0 Å². The van der Waals surface area contributed by atoms with Crippen LogP contribution >= 0.6 is 0 Å². The van der Waals surface area contributed by atoms with Crippen LogP contribution in [0.5, 0.6) is 0 Å². The lowest BCUT2D eigenvalue weighted by atomic mass is 9.96. The van der Waals surface area contributed by atoms with E-state index in [1.165, 1.54) is 205 Å². The summed E-state index contributed by atoms with van der Waals surface area (Å²) in [6.45, 7) is 1.73. The molecule has 3 aliphatic heterocycles. The Kier molecular flexibility index (Phi) is 56.5. The fraction of sp³-hybridized carbons (Fsp3) is 0.864. The van der Waals surface area contributed by atoms with Crippen LogP contribution < -0.4 is 5.32 Å². The van der Waals surface area contributed by atoms with E-state index in [4.69, 9.17) is 28.4 Å². The van der Waals surface area contributed by atoms with E-state index in [0.29, 0.717) is 12.8 Å². The van der Waals surface area contributed by atoms with Crippen molar-refractivity contribution in [3.63, 3.8) is 0 Å². The van der Waals surface area contributed by atoms with E-state index in [1.54, 1.807) is 0 Å². The van der Waals surface area contributed by atoms with E-state index >= 15 is 0 Å². The summed E-state index contributed by atoms with van der Waals surface area (Å²) in [5, 5.41) is 121. The molecule has 19 heteroatoms.